The van der Waals surface area contributed by atoms with Crippen LogP contribution in [-0.2, 0) is 26.2 Å². The second-order valence-corrected chi connectivity index (χ2v) is 7.39. The zero-order valence-corrected chi connectivity index (χ0v) is 16.1. The maximum atomic E-state index is 12.1. The van der Waals surface area contributed by atoms with Gasteiger partial charge in [0.15, 0.2) is 0 Å². The molecule has 0 aliphatic heterocycles. The fourth-order valence-electron chi connectivity index (χ4n) is 2.10. The summed E-state index contributed by atoms with van der Waals surface area (Å²) in [4.78, 5) is 24.4. The van der Waals surface area contributed by atoms with E-state index in [0.29, 0.717) is 13.0 Å². The van der Waals surface area contributed by atoms with Crippen LogP contribution in [0.1, 0.15) is 17.8 Å². The average molecular weight is 396 g/mol. The van der Waals surface area contributed by atoms with Gasteiger partial charge in [-0.05, 0) is 32.4 Å². The van der Waals surface area contributed by atoms with E-state index < -0.39 is 10.0 Å². The number of hydrogen-bond donors (Lipinski definition) is 3. The van der Waals surface area contributed by atoms with Crippen molar-refractivity contribution in [3.63, 3.8) is 0 Å². The topological polar surface area (TPSA) is 130 Å². The molecule has 0 radical (unpaired) electrons. The van der Waals surface area contributed by atoms with Crippen molar-refractivity contribution in [2.24, 2.45) is 0 Å². The first-order valence-corrected chi connectivity index (χ1v) is 9.67. The molecule has 2 aromatic rings. The summed E-state index contributed by atoms with van der Waals surface area (Å²) in [6.07, 6.45) is 3.90. The number of sulfonamides is 1. The molecule has 148 valence electrons. The van der Waals surface area contributed by atoms with Gasteiger partial charge in [0.25, 0.3) is 6.47 Å². The molecule has 9 nitrogen and oxygen atoms in total. The van der Waals surface area contributed by atoms with Crippen LogP contribution in [0.2, 0.25) is 0 Å². The molecule has 1 aromatic carbocycles. The van der Waals surface area contributed by atoms with E-state index >= 15 is 0 Å². The third-order valence-corrected chi connectivity index (χ3v) is 5.01. The third-order valence-electron chi connectivity index (χ3n) is 3.54. The first kappa shape index (κ1) is 22.3. The molecule has 27 heavy (non-hydrogen) atoms. The van der Waals surface area contributed by atoms with E-state index in [-0.39, 0.29) is 30.4 Å². The lowest BCUT2D eigenvalue weighted by Gasteiger charge is -2.09. The van der Waals surface area contributed by atoms with Gasteiger partial charge in [0.05, 0.1) is 4.90 Å². The van der Waals surface area contributed by atoms with Crippen LogP contribution in [0.5, 0.6) is 0 Å². The minimum absolute atomic E-state index is 0.127. The number of nitrogens with one attached hydrogen (secondary N) is 2. The molecule has 2 rings (SSSR count). The number of carboxylic acid groups (broad SMARTS) is 1. The molecular weight excluding hydrogens is 372 g/mol. The predicted octanol–water partition coefficient (Wildman–Crippen LogP) is 0.686. The van der Waals surface area contributed by atoms with Crippen molar-refractivity contribution in [3.8, 4) is 0 Å². The highest BCUT2D eigenvalue weighted by molar-refractivity contribution is 7.89. The number of imidazole rings is 1. The van der Waals surface area contributed by atoms with E-state index in [1.807, 2.05) is 13.8 Å². The summed E-state index contributed by atoms with van der Waals surface area (Å²) in [5.41, 5.74) is 1.00. The van der Waals surface area contributed by atoms with Crippen LogP contribution in [0.3, 0.4) is 0 Å². The summed E-state index contributed by atoms with van der Waals surface area (Å²) < 4.78 is 28.4. The molecule has 1 heterocycles. The third kappa shape index (κ3) is 8.01. The van der Waals surface area contributed by atoms with Crippen LogP contribution >= 0.6 is 0 Å². The number of amides is 1. The molecule has 0 saturated heterocycles. The fourth-order valence-corrected chi connectivity index (χ4v) is 3.18. The van der Waals surface area contributed by atoms with Gasteiger partial charge in [-0.15, -0.1) is 0 Å². The maximum absolute atomic E-state index is 12.1. The molecule has 0 spiro atoms. The van der Waals surface area contributed by atoms with Gasteiger partial charge in [-0.3, -0.25) is 9.59 Å². The Morgan fingerprint density at radius 3 is 2.41 bits per heavy atom. The van der Waals surface area contributed by atoms with Crippen molar-refractivity contribution in [2.45, 2.75) is 31.7 Å². The SMILES string of the molecule is Cc1ccc(S(=O)(=O)NCCCNC(=O)Cn2ccnc2C)cc1.O=CO. The lowest BCUT2D eigenvalue weighted by atomic mass is 10.2. The van der Waals surface area contributed by atoms with E-state index in [2.05, 4.69) is 15.0 Å². The maximum Gasteiger partial charge on any atom is 0.290 e. The smallest absolute Gasteiger partial charge is 0.290 e. The van der Waals surface area contributed by atoms with E-state index in [0.717, 1.165) is 11.4 Å². The van der Waals surface area contributed by atoms with Gasteiger partial charge in [-0.1, -0.05) is 17.7 Å². The second kappa shape index (κ2) is 11.1. The van der Waals surface area contributed by atoms with Gasteiger partial charge < -0.3 is 15.0 Å². The highest BCUT2D eigenvalue weighted by Gasteiger charge is 2.12. The second-order valence-electron chi connectivity index (χ2n) is 5.62. The summed E-state index contributed by atoms with van der Waals surface area (Å²) in [7, 11) is -3.50. The molecule has 0 atom stereocenters. The summed E-state index contributed by atoms with van der Waals surface area (Å²) >= 11 is 0. The number of nitrogens with zero attached hydrogens (tertiary/aromatic N) is 2. The van der Waals surface area contributed by atoms with Crippen molar-refractivity contribution in [3.05, 3.63) is 48.0 Å². The Balaban J connectivity index is 0.00000114. The quantitative estimate of drug-likeness (QED) is 0.444. The lowest BCUT2D eigenvalue weighted by molar-refractivity contribution is -0.123. The van der Waals surface area contributed by atoms with Crippen molar-refractivity contribution in [1.29, 1.82) is 0 Å². The number of hydrogen-bond acceptors (Lipinski definition) is 5. The Hall–Kier alpha value is -2.72. The minimum Gasteiger partial charge on any atom is -0.483 e. The molecule has 0 bridgehead atoms. The largest absolute Gasteiger partial charge is 0.483 e. The molecule has 3 N–H and O–H groups in total. The number of carbonyl (C=O) groups excluding carboxylic acids is 1. The van der Waals surface area contributed by atoms with Crippen molar-refractivity contribution >= 4 is 22.4 Å². The van der Waals surface area contributed by atoms with Crippen molar-refractivity contribution in [2.75, 3.05) is 13.1 Å². The lowest BCUT2D eigenvalue weighted by Crippen LogP contribution is -2.31. The zero-order chi connectivity index (χ0) is 20.3. The molecule has 1 amide bonds. The Morgan fingerprint density at radius 1 is 1.22 bits per heavy atom. The van der Waals surface area contributed by atoms with E-state index in [9.17, 15) is 13.2 Å². The van der Waals surface area contributed by atoms with Crippen LogP contribution in [-0.4, -0.2) is 48.5 Å². The van der Waals surface area contributed by atoms with Crippen molar-refractivity contribution in [1.82, 2.24) is 19.6 Å². The van der Waals surface area contributed by atoms with Gasteiger partial charge in [0.1, 0.15) is 12.4 Å². The van der Waals surface area contributed by atoms with Crippen LogP contribution < -0.4 is 10.0 Å². The number of carbonyl (C=O) groups is 2. The first-order chi connectivity index (χ1) is 12.8. The zero-order valence-electron chi connectivity index (χ0n) is 15.3. The number of aryl methyl sites for hydroxylation is 2. The Bertz CT molecular complexity index is 831. The monoisotopic (exact) mass is 396 g/mol. The number of rotatable bonds is 8. The molecule has 0 fully saturated rings. The highest BCUT2D eigenvalue weighted by atomic mass is 32.2. The molecule has 1 aromatic heterocycles. The molecule has 0 unspecified atom stereocenters. The van der Waals surface area contributed by atoms with Crippen LogP contribution in [0, 0.1) is 13.8 Å². The van der Waals surface area contributed by atoms with Gasteiger partial charge >= 0.3 is 0 Å². The van der Waals surface area contributed by atoms with E-state index in [1.165, 1.54) is 0 Å². The van der Waals surface area contributed by atoms with Gasteiger partial charge in [-0.25, -0.2) is 18.1 Å². The fraction of sp³-hybridized carbons (Fsp3) is 0.353. The summed E-state index contributed by atoms with van der Waals surface area (Å²) in [6, 6.07) is 6.67. The number of aromatic nitrogens is 2. The molecule has 10 heteroatoms. The van der Waals surface area contributed by atoms with E-state index in [1.54, 1.807) is 41.2 Å². The predicted molar refractivity (Wildman–Crippen MR) is 99.7 cm³/mol. The van der Waals surface area contributed by atoms with Crippen LogP contribution in [0.25, 0.3) is 0 Å². The van der Waals surface area contributed by atoms with E-state index in [4.69, 9.17) is 9.90 Å². The highest BCUT2D eigenvalue weighted by Crippen LogP contribution is 2.09. The normalized spacial score (nSPS) is 10.6. The molecule has 0 saturated carbocycles. The summed E-state index contributed by atoms with van der Waals surface area (Å²) in [5.74, 6) is 0.647. The van der Waals surface area contributed by atoms with Crippen LogP contribution in [0.15, 0.2) is 41.6 Å². The Kier molecular flexibility index (Phi) is 9.17. The Morgan fingerprint density at radius 2 is 1.85 bits per heavy atom. The average Bonchev–Trinajstić information content (AvgIpc) is 3.00. The molecule has 0 aliphatic carbocycles. The van der Waals surface area contributed by atoms with Gasteiger partial charge in [-0.2, -0.15) is 0 Å². The van der Waals surface area contributed by atoms with Crippen LogP contribution in [0.4, 0.5) is 0 Å². The first-order valence-electron chi connectivity index (χ1n) is 8.18. The summed E-state index contributed by atoms with van der Waals surface area (Å²) in [6.45, 7) is 4.36. The van der Waals surface area contributed by atoms with Crippen molar-refractivity contribution < 1.29 is 23.1 Å². The van der Waals surface area contributed by atoms with Gasteiger partial charge in [0.2, 0.25) is 15.9 Å². The number of benzene rings is 1. The molecule has 0 aliphatic rings. The standard InChI is InChI=1S/C16H22N4O3S.CH2O2/c1-13-4-6-15(7-5-13)24(22,23)19-9-3-8-18-16(21)12-20-11-10-17-14(20)2;2-1-3/h4-7,10-11,19H,3,8-9,12H2,1-2H3,(H,18,21);1H,(H,2,3). The Labute approximate surface area is 158 Å². The van der Waals surface area contributed by atoms with Gasteiger partial charge in [0, 0.05) is 25.5 Å². The molecular formula is C17H24N4O5S. The summed E-state index contributed by atoms with van der Waals surface area (Å²) in [5, 5.41) is 9.65. The minimum atomic E-state index is -3.50.